The lowest BCUT2D eigenvalue weighted by Gasteiger charge is -2.05. The number of hydrogen-bond acceptors (Lipinski definition) is 3. The van der Waals surface area contributed by atoms with Crippen LogP contribution in [0.4, 0.5) is 4.39 Å². The molecule has 0 saturated heterocycles. The minimum absolute atomic E-state index is 0.265. The fourth-order valence-corrected chi connectivity index (χ4v) is 3.07. The maximum absolute atomic E-state index is 13.1. The molecule has 106 valence electrons. The van der Waals surface area contributed by atoms with Crippen LogP contribution >= 0.6 is 11.3 Å². The van der Waals surface area contributed by atoms with Gasteiger partial charge in [0.25, 0.3) is 0 Å². The molecule has 1 aliphatic rings. The third kappa shape index (κ3) is 3.58. The van der Waals surface area contributed by atoms with E-state index >= 15 is 0 Å². The van der Waals surface area contributed by atoms with Gasteiger partial charge in [0.2, 0.25) is 0 Å². The van der Waals surface area contributed by atoms with E-state index in [1.807, 2.05) is 0 Å². The lowest BCUT2D eigenvalue weighted by atomic mass is 10.2. The van der Waals surface area contributed by atoms with Gasteiger partial charge in [-0.1, -0.05) is 6.07 Å². The molecule has 1 fully saturated rings. The second kappa shape index (κ2) is 5.94. The Kier molecular flexibility index (Phi) is 4.03. The molecule has 0 aliphatic heterocycles. The number of halogens is 1. The molecule has 1 aromatic heterocycles. The predicted octanol–water partition coefficient (Wildman–Crippen LogP) is 4.03. The Hall–Kier alpha value is -1.39. The number of nitrogens with one attached hydrogen (secondary N) is 1. The predicted molar refractivity (Wildman–Crippen MR) is 79.6 cm³/mol. The van der Waals surface area contributed by atoms with Crippen LogP contribution in [0.1, 0.15) is 28.2 Å². The zero-order chi connectivity index (χ0) is 13.9. The Morgan fingerprint density at radius 2 is 2.20 bits per heavy atom. The molecule has 1 aromatic carbocycles. The van der Waals surface area contributed by atoms with Gasteiger partial charge in [0.15, 0.2) is 0 Å². The summed E-state index contributed by atoms with van der Waals surface area (Å²) in [5, 5.41) is 3.51. The molecule has 1 heterocycles. The Morgan fingerprint density at radius 1 is 1.35 bits per heavy atom. The number of benzene rings is 1. The minimum atomic E-state index is -0.265. The van der Waals surface area contributed by atoms with Gasteiger partial charge in [-0.2, -0.15) is 0 Å². The van der Waals surface area contributed by atoms with Crippen molar-refractivity contribution in [1.82, 2.24) is 5.32 Å². The van der Waals surface area contributed by atoms with Crippen molar-refractivity contribution >= 4 is 11.3 Å². The van der Waals surface area contributed by atoms with Gasteiger partial charge >= 0.3 is 0 Å². The summed E-state index contributed by atoms with van der Waals surface area (Å²) >= 11 is 1.81. The molecule has 2 aromatic rings. The van der Waals surface area contributed by atoms with Gasteiger partial charge in [0.1, 0.15) is 18.2 Å². The van der Waals surface area contributed by atoms with Crippen LogP contribution in [0, 0.1) is 12.7 Å². The van der Waals surface area contributed by atoms with E-state index in [-0.39, 0.29) is 5.82 Å². The van der Waals surface area contributed by atoms with Crippen molar-refractivity contribution in [3.05, 3.63) is 51.5 Å². The van der Waals surface area contributed by atoms with Gasteiger partial charge in [0, 0.05) is 34.0 Å². The monoisotopic (exact) mass is 291 g/mol. The standard InChI is InChI=1S/C16H18FNOS/c1-11-12(7-16(20-11)9-18-14-5-6-14)10-19-15-4-2-3-13(17)8-15/h2-4,7-8,14,18H,5-6,9-10H2,1H3. The first-order valence-corrected chi connectivity index (χ1v) is 7.72. The van der Waals surface area contributed by atoms with Gasteiger partial charge in [-0.3, -0.25) is 0 Å². The van der Waals surface area contributed by atoms with E-state index in [9.17, 15) is 4.39 Å². The van der Waals surface area contributed by atoms with Gasteiger partial charge in [-0.15, -0.1) is 11.3 Å². The molecular formula is C16H18FNOS. The van der Waals surface area contributed by atoms with E-state index in [1.54, 1.807) is 23.5 Å². The van der Waals surface area contributed by atoms with E-state index in [1.165, 1.54) is 40.3 Å². The maximum atomic E-state index is 13.1. The zero-order valence-electron chi connectivity index (χ0n) is 11.5. The Bertz CT molecular complexity index is 592. The highest BCUT2D eigenvalue weighted by Crippen LogP contribution is 2.25. The normalized spacial score (nSPS) is 14.5. The smallest absolute Gasteiger partial charge is 0.126 e. The van der Waals surface area contributed by atoms with Gasteiger partial charge in [0.05, 0.1) is 0 Å². The summed E-state index contributed by atoms with van der Waals surface area (Å²) in [6.07, 6.45) is 2.61. The van der Waals surface area contributed by atoms with Crippen LogP contribution in [0.25, 0.3) is 0 Å². The lowest BCUT2D eigenvalue weighted by molar-refractivity contribution is 0.304. The van der Waals surface area contributed by atoms with E-state index < -0.39 is 0 Å². The molecule has 4 heteroatoms. The Morgan fingerprint density at radius 3 is 2.95 bits per heavy atom. The van der Waals surface area contributed by atoms with Crippen molar-refractivity contribution in [2.75, 3.05) is 0 Å². The molecule has 1 N–H and O–H groups in total. The summed E-state index contributed by atoms with van der Waals surface area (Å²) in [7, 11) is 0. The molecule has 2 nitrogen and oxygen atoms in total. The molecule has 1 aliphatic carbocycles. The van der Waals surface area contributed by atoms with Crippen molar-refractivity contribution in [2.45, 2.75) is 39.0 Å². The van der Waals surface area contributed by atoms with Crippen LogP contribution in [0.2, 0.25) is 0 Å². The third-order valence-electron chi connectivity index (χ3n) is 3.40. The highest BCUT2D eigenvalue weighted by molar-refractivity contribution is 7.12. The maximum Gasteiger partial charge on any atom is 0.126 e. The first kappa shape index (κ1) is 13.6. The van der Waals surface area contributed by atoms with Crippen LogP contribution in [0.3, 0.4) is 0 Å². The molecule has 0 bridgehead atoms. The first-order valence-electron chi connectivity index (χ1n) is 6.90. The van der Waals surface area contributed by atoms with E-state index in [4.69, 9.17) is 4.74 Å². The summed E-state index contributed by atoms with van der Waals surface area (Å²) in [6, 6.07) is 9.19. The van der Waals surface area contributed by atoms with Crippen LogP contribution in [-0.2, 0) is 13.2 Å². The third-order valence-corrected chi connectivity index (χ3v) is 4.50. The molecule has 0 radical (unpaired) electrons. The van der Waals surface area contributed by atoms with E-state index in [0.717, 1.165) is 12.6 Å². The SMILES string of the molecule is Cc1sc(CNC2CC2)cc1COc1cccc(F)c1. The summed E-state index contributed by atoms with van der Waals surface area (Å²) in [4.78, 5) is 2.61. The van der Waals surface area contributed by atoms with Crippen LogP contribution in [0.15, 0.2) is 30.3 Å². The summed E-state index contributed by atoms with van der Waals surface area (Å²) in [5.41, 5.74) is 1.19. The van der Waals surface area contributed by atoms with Crippen molar-refractivity contribution in [1.29, 1.82) is 0 Å². The van der Waals surface area contributed by atoms with Crippen molar-refractivity contribution < 1.29 is 9.13 Å². The van der Waals surface area contributed by atoms with Gasteiger partial charge < -0.3 is 10.1 Å². The number of aryl methyl sites for hydroxylation is 1. The Labute approximate surface area is 122 Å². The zero-order valence-corrected chi connectivity index (χ0v) is 12.3. The lowest BCUT2D eigenvalue weighted by Crippen LogP contribution is -2.14. The van der Waals surface area contributed by atoms with Crippen LogP contribution in [-0.4, -0.2) is 6.04 Å². The van der Waals surface area contributed by atoms with Crippen molar-refractivity contribution in [2.24, 2.45) is 0 Å². The van der Waals surface area contributed by atoms with Gasteiger partial charge in [-0.25, -0.2) is 4.39 Å². The summed E-state index contributed by atoms with van der Waals surface area (Å²) in [5.74, 6) is 0.312. The number of hydrogen-bond donors (Lipinski definition) is 1. The molecule has 0 unspecified atom stereocenters. The number of rotatable bonds is 6. The first-order chi connectivity index (χ1) is 9.70. The second-order valence-electron chi connectivity index (χ2n) is 5.20. The van der Waals surface area contributed by atoms with Crippen molar-refractivity contribution in [3.8, 4) is 5.75 Å². The molecule has 0 amide bonds. The second-order valence-corrected chi connectivity index (χ2v) is 6.54. The highest BCUT2D eigenvalue weighted by atomic mass is 32.1. The molecule has 0 spiro atoms. The van der Waals surface area contributed by atoms with Crippen LogP contribution < -0.4 is 10.1 Å². The fourth-order valence-electron chi connectivity index (χ4n) is 2.07. The quantitative estimate of drug-likeness (QED) is 0.867. The van der Waals surface area contributed by atoms with E-state index in [0.29, 0.717) is 12.4 Å². The molecular weight excluding hydrogens is 273 g/mol. The minimum Gasteiger partial charge on any atom is -0.489 e. The summed E-state index contributed by atoms with van der Waals surface area (Å²) in [6.45, 7) is 3.54. The largest absolute Gasteiger partial charge is 0.489 e. The molecule has 0 atom stereocenters. The topological polar surface area (TPSA) is 21.3 Å². The molecule has 20 heavy (non-hydrogen) atoms. The molecule has 1 saturated carbocycles. The Balaban J connectivity index is 1.58. The fraction of sp³-hybridized carbons (Fsp3) is 0.375. The highest BCUT2D eigenvalue weighted by Gasteiger charge is 2.20. The number of thiophene rings is 1. The van der Waals surface area contributed by atoms with Crippen LogP contribution in [0.5, 0.6) is 5.75 Å². The molecule has 3 rings (SSSR count). The average Bonchev–Trinajstić information content (AvgIpc) is 3.18. The van der Waals surface area contributed by atoms with E-state index in [2.05, 4.69) is 18.3 Å². The van der Waals surface area contributed by atoms with Crippen molar-refractivity contribution in [3.63, 3.8) is 0 Å². The average molecular weight is 291 g/mol. The van der Waals surface area contributed by atoms with Gasteiger partial charge in [-0.05, 0) is 38.0 Å². The number of ether oxygens (including phenoxy) is 1. The summed E-state index contributed by atoms with van der Waals surface area (Å²) < 4.78 is 18.7.